The molecule has 3 N–H and O–H groups in total. The molecule has 1 amide bonds. The lowest BCUT2D eigenvalue weighted by atomic mass is 10.2. The molecule has 0 saturated carbocycles. The highest BCUT2D eigenvalue weighted by Crippen LogP contribution is 2.28. The summed E-state index contributed by atoms with van der Waals surface area (Å²) in [6.45, 7) is 0. The number of aliphatic imine (C=N–C) groups is 1. The average molecular weight is 388 g/mol. The van der Waals surface area contributed by atoms with Gasteiger partial charge in [-0.05, 0) is 48.7 Å². The summed E-state index contributed by atoms with van der Waals surface area (Å²) in [4.78, 5) is 16.7. The van der Waals surface area contributed by atoms with Gasteiger partial charge in [0.15, 0.2) is 5.17 Å². The second-order valence-corrected chi connectivity index (χ2v) is 7.14. The molecular formula is C17H16N4O3S2. The molecule has 0 radical (unpaired) electrons. The first-order valence-electron chi connectivity index (χ1n) is 7.27. The van der Waals surface area contributed by atoms with E-state index >= 15 is 0 Å². The van der Waals surface area contributed by atoms with Gasteiger partial charge in [-0.3, -0.25) is 5.32 Å². The zero-order valence-electron chi connectivity index (χ0n) is 14.1. The highest BCUT2D eigenvalue weighted by Gasteiger charge is 2.11. The monoisotopic (exact) mass is 388 g/mol. The van der Waals surface area contributed by atoms with Crippen LogP contribution in [0.1, 0.15) is 5.56 Å². The largest absolute Gasteiger partial charge is 0.453 e. The lowest BCUT2D eigenvalue weighted by Gasteiger charge is -2.08. The van der Waals surface area contributed by atoms with Gasteiger partial charge in [0.1, 0.15) is 0 Å². The van der Waals surface area contributed by atoms with Gasteiger partial charge < -0.3 is 10.5 Å². The first kappa shape index (κ1) is 19.5. The zero-order chi connectivity index (χ0) is 19.1. The Labute approximate surface area is 157 Å². The number of nitriles is 1. The van der Waals surface area contributed by atoms with Crippen LogP contribution in [-0.4, -0.2) is 28.8 Å². The van der Waals surface area contributed by atoms with Gasteiger partial charge in [0.2, 0.25) is 0 Å². The molecule has 0 aliphatic rings. The summed E-state index contributed by atoms with van der Waals surface area (Å²) < 4.78 is 17.3. The van der Waals surface area contributed by atoms with E-state index in [0.717, 1.165) is 0 Å². The number of benzene rings is 2. The minimum absolute atomic E-state index is 0.296. The lowest BCUT2D eigenvalue weighted by molar-refractivity contribution is 0.177. The highest BCUT2D eigenvalue weighted by atomic mass is 32.2. The van der Waals surface area contributed by atoms with Crippen LogP contribution < -0.4 is 11.1 Å². The van der Waals surface area contributed by atoms with Crippen LogP contribution in [0.25, 0.3) is 0 Å². The quantitative estimate of drug-likeness (QED) is 0.474. The summed E-state index contributed by atoms with van der Waals surface area (Å²) in [7, 11) is -0.205. The zero-order valence-corrected chi connectivity index (χ0v) is 15.7. The van der Waals surface area contributed by atoms with Crippen molar-refractivity contribution in [1.82, 2.24) is 5.32 Å². The third-order valence-electron chi connectivity index (χ3n) is 3.22. The van der Waals surface area contributed by atoms with Gasteiger partial charge in [-0.15, -0.1) is 0 Å². The van der Waals surface area contributed by atoms with Crippen LogP contribution >= 0.6 is 11.8 Å². The van der Waals surface area contributed by atoms with Gasteiger partial charge in [0, 0.05) is 9.79 Å². The number of alkyl carbamates (subject to hydrolysis) is 1. The molecule has 2 aromatic rings. The van der Waals surface area contributed by atoms with E-state index < -0.39 is 16.9 Å². The molecule has 0 bridgehead atoms. The number of rotatable bonds is 3. The van der Waals surface area contributed by atoms with Crippen molar-refractivity contribution in [3.05, 3.63) is 48.0 Å². The molecule has 0 saturated heterocycles. The number of amides is 1. The number of thioether (sulfide) groups is 1. The Morgan fingerprint density at radius 1 is 1.27 bits per heavy atom. The molecule has 0 aliphatic carbocycles. The second kappa shape index (κ2) is 9.03. The van der Waals surface area contributed by atoms with Crippen LogP contribution in [0.4, 0.5) is 16.2 Å². The maximum atomic E-state index is 12.7. The second-order valence-electron chi connectivity index (χ2n) is 4.86. The number of anilines is 1. The molecule has 134 valence electrons. The summed E-state index contributed by atoms with van der Waals surface area (Å²) >= 11 is 1.21. The molecule has 0 aromatic heterocycles. The van der Waals surface area contributed by atoms with Gasteiger partial charge >= 0.3 is 6.09 Å². The fourth-order valence-corrected chi connectivity index (χ4v) is 3.34. The van der Waals surface area contributed by atoms with Crippen LogP contribution in [0, 0.1) is 11.3 Å². The molecule has 7 nitrogen and oxygen atoms in total. The van der Waals surface area contributed by atoms with E-state index in [-0.39, 0.29) is 0 Å². The maximum absolute atomic E-state index is 12.7. The first-order chi connectivity index (χ1) is 12.5. The first-order valence-corrected chi connectivity index (χ1v) is 9.65. The van der Waals surface area contributed by atoms with Crippen molar-refractivity contribution in [1.29, 1.82) is 5.26 Å². The number of ether oxygens (including phenoxy) is 1. The van der Waals surface area contributed by atoms with Crippen molar-refractivity contribution < 1.29 is 13.7 Å². The number of nitrogens with two attached hydrogens (primary N) is 1. The Balaban J connectivity index is 2.34. The maximum Gasteiger partial charge on any atom is 0.412 e. The molecule has 0 fully saturated rings. The molecule has 0 heterocycles. The van der Waals surface area contributed by atoms with E-state index in [1.807, 2.05) is 6.07 Å². The molecular weight excluding hydrogens is 372 g/mol. The van der Waals surface area contributed by atoms with Gasteiger partial charge in [0.25, 0.3) is 0 Å². The van der Waals surface area contributed by atoms with Crippen molar-refractivity contribution in [2.24, 2.45) is 4.99 Å². The number of carbonyl (C=O) groups is 1. The number of methoxy groups -OCH3 is 1. The number of amidine groups is 1. The lowest BCUT2D eigenvalue weighted by Crippen LogP contribution is -2.27. The van der Waals surface area contributed by atoms with E-state index in [4.69, 9.17) is 11.0 Å². The summed E-state index contributed by atoms with van der Waals surface area (Å²) in [5, 5.41) is 11.6. The van der Waals surface area contributed by atoms with Gasteiger partial charge in [-0.25, -0.2) is 14.0 Å². The number of hydrogen-bond acceptors (Lipinski definition) is 7. The topological polar surface area (TPSA) is 118 Å². The third-order valence-corrected chi connectivity index (χ3v) is 5.19. The van der Waals surface area contributed by atoms with Crippen molar-refractivity contribution in [3.63, 3.8) is 0 Å². The summed E-state index contributed by atoms with van der Waals surface area (Å²) in [6, 6.07) is 13.4. The SMILES string of the molecule is COC(=O)NC(=Nc1cc(S(=O)c2ccc(C#N)cc2)ccc1N)SC. The van der Waals surface area contributed by atoms with Crippen molar-refractivity contribution in [2.75, 3.05) is 19.1 Å². The van der Waals surface area contributed by atoms with Crippen LogP contribution in [0.2, 0.25) is 0 Å². The minimum atomic E-state index is -1.46. The Hall–Kier alpha value is -2.83. The van der Waals surface area contributed by atoms with Crippen LogP contribution in [0.5, 0.6) is 0 Å². The van der Waals surface area contributed by atoms with Gasteiger partial charge in [-0.1, -0.05) is 11.8 Å². The Morgan fingerprint density at radius 3 is 2.50 bits per heavy atom. The number of nitrogen functional groups attached to an aromatic ring is 1. The predicted octanol–water partition coefficient (Wildman–Crippen LogP) is 3.01. The van der Waals surface area contributed by atoms with E-state index in [2.05, 4.69) is 15.0 Å². The van der Waals surface area contributed by atoms with Crippen LogP contribution in [-0.2, 0) is 15.5 Å². The highest BCUT2D eigenvalue weighted by molar-refractivity contribution is 8.13. The molecule has 0 spiro atoms. The van der Waals surface area contributed by atoms with Crippen LogP contribution in [0.15, 0.2) is 57.2 Å². The van der Waals surface area contributed by atoms with E-state index in [1.165, 1.54) is 18.9 Å². The Bertz CT molecular complexity index is 905. The number of hydrogen-bond donors (Lipinski definition) is 2. The normalized spacial score (nSPS) is 12.1. The predicted molar refractivity (Wildman–Crippen MR) is 103 cm³/mol. The number of nitrogens with zero attached hydrogens (tertiary/aromatic N) is 2. The molecule has 1 unspecified atom stereocenters. The molecule has 2 rings (SSSR count). The number of carbonyl (C=O) groups excluding carboxylic acids is 1. The average Bonchev–Trinajstić information content (AvgIpc) is 2.68. The van der Waals surface area contributed by atoms with E-state index in [1.54, 1.807) is 48.7 Å². The molecule has 1 atom stereocenters. The Morgan fingerprint density at radius 2 is 1.92 bits per heavy atom. The Kier molecular flexibility index (Phi) is 6.77. The fraction of sp³-hybridized carbons (Fsp3) is 0.118. The smallest absolute Gasteiger partial charge is 0.412 e. The summed E-state index contributed by atoms with van der Waals surface area (Å²) in [5.41, 5.74) is 7.19. The summed E-state index contributed by atoms with van der Waals surface area (Å²) in [5.74, 6) is 0. The third kappa shape index (κ3) is 4.84. The van der Waals surface area contributed by atoms with Crippen molar-refractivity contribution >= 4 is 45.2 Å². The standard InChI is InChI=1S/C17H16N4O3S2/c1-24-17(22)21-16(25-2)20-15-9-13(7-8-14(15)19)26(23)12-5-3-11(10-18)4-6-12/h3-9H,19H2,1-2H3,(H,20,21,22). The van der Waals surface area contributed by atoms with Crippen molar-refractivity contribution in [3.8, 4) is 6.07 Å². The molecule has 2 aromatic carbocycles. The van der Waals surface area contributed by atoms with Crippen molar-refractivity contribution in [2.45, 2.75) is 9.79 Å². The molecule has 26 heavy (non-hydrogen) atoms. The molecule has 0 aliphatic heterocycles. The van der Waals surface area contributed by atoms with Gasteiger partial charge in [-0.2, -0.15) is 5.26 Å². The van der Waals surface area contributed by atoms with Gasteiger partial charge in [0.05, 0.1) is 40.9 Å². The number of nitrogens with one attached hydrogen (secondary N) is 1. The minimum Gasteiger partial charge on any atom is -0.453 e. The summed E-state index contributed by atoms with van der Waals surface area (Å²) in [6.07, 6.45) is 1.10. The fourth-order valence-electron chi connectivity index (χ4n) is 1.90. The van der Waals surface area contributed by atoms with E-state index in [0.29, 0.717) is 31.9 Å². The molecule has 9 heteroatoms. The van der Waals surface area contributed by atoms with E-state index in [9.17, 15) is 9.00 Å². The van der Waals surface area contributed by atoms with Crippen LogP contribution in [0.3, 0.4) is 0 Å².